The van der Waals surface area contributed by atoms with Gasteiger partial charge in [-0.15, -0.1) is 11.3 Å². The lowest BCUT2D eigenvalue weighted by atomic mass is 9.97. The molecule has 116 valence electrons. The number of thiazole rings is 1. The molecular formula is C15H22N2O3S. The van der Waals surface area contributed by atoms with Gasteiger partial charge >= 0.3 is 5.97 Å². The number of carboxylic acid groups (broad SMARTS) is 1. The van der Waals surface area contributed by atoms with Crippen LogP contribution in [0.1, 0.15) is 41.3 Å². The Kier molecular flexibility index (Phi) is 4.28. The summed E-state index contributed by atoms with van der Waals surface area (Å²) in [6, 6.07) is 0. The van der Waals surface area contributed by atoms with Gasteiger partial charge < -0.3 is 9.84 Å². The fraction of sp³-hybridized carbons (Fsp3) is 0.733. The molecule has 1 fully saturated rings. The highest BCUT2D eigenvalue weighted by molar-refractivity contribution is 7.11. The van der Waals surface area contributed by atoms with Gasteiger partial charge in [0.2, 0.25) is 0 Å². The van der Waals surface area contributed by atoms with E-state index in [-0.39, 0.29) is 6.61 Å². The molecule has 1 aromatic rings. The molecule has 1 atom stereocenters. The van der Waals surface area contributed by atoms with Crippen molar-refractivity contribution in [2.75, 3.05) is 20.3 Å². The first-order chi connectivity index (χ1) is 10.2. The second-order valence-electron chi connectivity index (χ2n) is 5.98. The monoisotopic (exact) mass is 310 g/mol. The molecule has 0 bridgehead atoms. The van der Waals surface area contributed by atoms with E-state index < -0.39 is 11.5 Å². The van der Waals surface area contributed by atoms with Crippen molar-refractivity contribution in [2.24, 2.45) is 0 Å². The Balaban J connectivity index is 1.79. The minimum Gasteiger partial charge on any atom is -0.480 e. The number of fused-ring (bicyclic) bond motifs is 1. The third kappa shape index (κ3) is 2.72. The number of hydrogen-bond donors (Lipinski definition) is 1. The van der Waals surface area contributed by atoms with Crippen molar-refractivity contribution in [3.05, 3.63) is 15.6 Å². The van der Waals surface area contributed by atoms with Gasteiger partial charge in [-0.25, -0.2) is 4.98 Å². The van der Waals surface area contributed by atoms with Crippen LogP contribution < -0.4 is 0 Å². The minimum absolute atomic E-state index is 0.243. The predicted molar refractivity (Wildman–Crippen MR) is 80.6 cm³/mol. The molecule has 0 spiro atoms. The largest absolute Gasteiger partial charge is 0.480 e. The molecule has 0 amide bonds. The third-order valence-electron chi connectivity index (χ3n) is 4.62. The summed E-state index contributed by atoms with van der Waals surface area (Å²) in [5.74, 6) is -0.775. The minimum atomic E-state index is -0.874. The van der Waals surface area contributed by atoms with Crippen LogP contribution in [0.25, 0.3) is 0 Å². The summed E-state index contributed by atoms with van der Waals surface area (Å²) >= 11 is 1.77. The summed E-state index contributed by atoms with van der Waals surface area (Å²) in [4.78, 5) is 20.0. The van der Waals surface area contributed by atoms with Crippen molar-refractivity contribution < 1.29 is 14.6 Å². The normalized spacial score (nSPS) is 26.0. The average molecular weight is 310 g/mol. The number of likely N-dealkylation sites (tertiary alicyclic amines) is 1. The number of methoxy groups -OCH3 is 1. The zero-order chi connectivity index (χ0) is 14.9. The Hall–Kier alpha value is -0.980. The molecule has 6 heteroatoms. The molecule has 2 aliphatic rings. The molecule has 3 rings (SSSR count). The van der Waals surface area contributed by atoms with Crippen molar-refractivity contribution in [1.82, 2.24) is 9.88 Å². The zero-order valence-electron chi connectivity index (χ0n) is 12.4. The molecule has 1 aromatic heterocycles. The fourth-order valence-corrected chi connectivity index (χ4v) is 4.68. The van der Waals surface area contributed by atoms with Crippen molar-refractivity contribution >= 4 is 17.3 Å². The molecule has 1 unspecified atom stereocenters. The van der Waals surface area contributed by atoms with Crippen molar-refractivity contribution in [2.45, 2.75) is 50.6 Å². The smallest absolute Gasteiger partial charge is 0.326 e. The zero-order valence-corrected chi connectivity index (χ0v) is 13.2. The van der Waals surface area contributed by atoms with Crippen molar-refractivity contribution in [3.8, 4) is 0 Å². The summed E-state index contributed by atoms with van der Waals surface area (Å²) in [5, 5.41) is 10.7. The quantitative estimate of drug-likeness (QED) is 0.902. The van der Waals surface area contributed by atoms with Crippen LogP contribution in [-0.4, -0.2) is 46.8 Å². The number of carboxylic acids is 1. The Morgan fingerprint density at radius 1 is 1.43 bits per heavy atom. The summed E-state index contributed by atoms with van der Waals surface area (Å²) in [6.07, 6.45) is 6.24. The highest BCUT2D eigenvalue weighted by Crippen LogP contribution is 2.34. The topological polar surface area (TPSA) is 62.7 Å². The van der Waals surface area contributed by atoms with Gasteiger partial charge in [-0.3, -0.25) is 9.69 Å². The molecule has 0 saturated carbocycles. The molecular weight excluding hydrogens is 288 g/mol. The van der Waals surface area contributed by atoms with Gasteiger partial charge in [0, 0.05) is 12.0 Å². The van der Waals surface area contributed by atoms with Gasteiger partial charge in [-0.1, -0.05) is 0 Å². The van der Waals surface area contributed by atoms with E-state index in [4.69, 9.17) is 9.72 Å². The Bertz CT molecular complexity index is 507. The van der Waals surface area contributed by atoms with Crippen LogP contribution in [0.2, 0.25) is 0 Å². The average Bonchev–Trinajstić information content (AvgIpc) is 3.04. The molecule has 1 N–H and O–H groups in total. The fourth-order valence-electron chi connectivity index (χ4n) is 3.51. The van der Waals surface area contributed by atoms with E-state index in [9.17, 15) is 9.90 Å². The SMILES string of the molecule is COCC1(C(=O)O)CCCN1Cc1nc2c(s1)CCCC2. The number of hydrogen-bond acceptors (Lipinski definition) is 5. The third-order valence-corrected chi connectivity index (χ3v) is 5.76. The van der Waals surface area contributed by atoms with E-state index in [1.807, 2.05) is 4.90 Å². The molecule has 5 nitrogen and oxygen atoms in total. The lowest BCUT2D eigenvalue weighted by Gasteiger charge is -2.33. The summed E-state index contributed by atoms with van der Waals surface area (Å²) in [7, 11) is 1.57. The molecule has 1 aliphatic carbocycles. The van der Waals surface area contributed by atoms with Crippen LogP contribution >= 0.6 is 11.3 Å². The Morgan fingerprint density at radius 2 is 2.24 bits per heavy atom. The van der Waals surface area contributed by atoms with Gasteiger partial charge in [0.05, 0.1) is 18.8 Å². The van der Waals surface area contributed by atoms with Gasteiger partial charge in [0.25, 0.3) is 0 Å². The maximum absolute atomic E-state index is 11.8. The molecule has 1 aliphatic heterocycles. The standard InChI is InChI=1S/C15H22N2O3S/c1-20-10-15(14(18)19)7-4-8-17(15)9-13-16-11-5-2-3-6-12(11)21-13/h2-10H2,1H3,(H,18,19). The first-order valence-corrected chi connectivity index (χ1v) is 8.42. The van der Waals surface area contributed by atoms with Gasteiger partial charge in [-0.05, 0) is 45.1 Å². The van der Waals surface area contributed by atoms with Crippen LogP contribution in [-0.2, 0) is 28.9 Å². The van der Waals surface area contributed by atoms with Gasteiger partial charge in [0.1, 0.15) is 10.5 Å². The van der Waals surface area contributed by atoms with E-state index in [0.717, 1.165) is 30.8 Å². The number of ether oxygens (including phenoxy) is 1. The Morgan fingerprint density at radius 3 is 2.95 bits per heavy atom. The van der Waals surface area contributed by atoms with Crippen LogP contribution in [0.15, 0.2) is 0 Å². The first kappa shape index (κ1) is 14.9. The van der Waals surface area contributed by atoms with Crippen LogP contribution in [0.4, 0.5) is 0 Å². The van der Waals surface area contributed by atoms with E-state index in [2.05, 4.69) is 0 Å². The van der Waals surface area contributed by atoms with Gasteiger partial charge in [0.15, 0.2) is 0 Å². The van der Waals surface area contributed by atoms with Crippen molar-refractivity contribution in [1.29, 1.82) is 0 Å². The number of aliphatic carboxylic acids is 1. The number of nitrogens with zero attached hydrogens (tertiary/aromatic N) is 2. The highest BCUT2D eigenvalue weighted by atomic mass is 32.1. The molecule has 2 heterocycles. The van der Waals surface area contributed by atoms with Crippen molar-refractivity contribution in [3.63, 3.8) is 0 Å². The summed E-state index contributed by atoms with van der Waals surface area (Å²) in [5.41, 5.74) is 0.370. The first-order valence-electron chi connectivity index (χ1n) is 7.60. The summed E-state index contributed by atoms with van der Waals surface area (Å²) < 4.78 is 5.20. The number of carbonyl (C=O) groups is 1. The maximum atomic E-state index is 11.8. The number of aromatic nitrogens is 1. The second kappa shape index (κ2) is 6.02. The van der Waals surface area contributed by atoms with Crippen LogP contribution in [0, 0.1) is 0 Å². The predicted octanol–water partition coefficient (Wildman–Crippen LogP) is 2.09. The lowest BCUT2D eigenvalue weighted by Crippen LogP contribution is -2.53. The Labute approximate surface area is 128 Å². The van der Waals surface area contributed by atoms with E-state index in [0.29, 0.717) is 13.0 Å². The van der Waals surface area contributed by atoms with E-state index >= 15 is 0 Å². The van der Waals surface area contributed by atoms with Crippen LogP contribution in [0.3, 0.4) is 0 Å². The second-order valence-corrected chi connectivity index (χ2v) is 7.15. The maximum Gasteiger partial charge on any atom is 0.326 e. The van der Waals surface area contributed by atoms with E-state index in [1.54, 1.807) is 18.4 Å². The van der Waals surface area contributed by atoms with E-state index in [1.165, 1.54) is 23.4 Å². The molecule has 0 aromatic carbocycles. The number of rotatable bonds is 5. The summed E-state index contributed by atoms with van der Waals surface area (Å²) in [6.45, 7) is 1.68. The van der Waals surface area contributed by atoms with Crippen LogP contribution in [0.5, 0.6) is 0 Å². The lowest BCUT2D eigenvalue weighted by molar-refractivity contribution is -0.153. The molecule has 0 radical (unpaired) electrons. The number of aryl methyl sites for hydroxylation is 2. The van der Waals surface area contributed by atoms with Gasteiger partial charge in [-0.2, -0.15) is 0 Å². The highest BCUT2D eigenvalue weighted by Gasteiger charge is 2.48. The molecule has 1 saturated heterocycles. The molecule has 21 heavy (non-hydrogen) atoms.